The predicted octanol–water partition coefficient (Wildman–Crippen LogP) is 3.73. The SMILES string of the molecule is CCC.CCC.[CH3-].[CH3-].[Ni+2]. The minimum absolute atomic E-state index is 0. The predicted molar refractivity (Wildman–Crippen MR) is 44.8 cm³/mol. The molecule has 0 N–H and O–H groups in total. The molecule has 0 aliphatic carbocycles. The molecule has 0 aliphatic rings. The first kappa shape index (κ1) is 33.9. The van der Waals surface area contributed by atoms with Crippen molar-refractivity contribution in [2.24, 2.45) is 0 Å². The van der Waals surface area contributed by atoms with Crippen molar-refractivity contribution in [3.8, 4) is 0 Å². The van der Waals surface area contributed by atoms with E-state index in [9.17, 15) is 0 Å². The summed E-state index contributed by atoms with van der Waals surface area (Å²) in [5.41, 5.74) is 0. The normalized spacial score (nSPS) is 4.00. The van der Waals surface area contributed by atoms with Crippen LogP contribution in [0, 0.1) is 14.9 Å². The monoisotopic (exact) mass is 176 g/mol. The van der Waals surface area contributed by atoms with Gasteiger partial charge in [-0.3, -0.25) is 0 Å². The topological polar surface area (TPSA) is 0 Å². The van der Waals surface area contributed by atoms with Crippen molar-refractivity contribution >= 4 is 0 Å². The first-order valence-electron chi connectivity index (χ1n) is 2.83. The van der Waals surface area contributed by atoms with Crippen LogP contribution in [-0.2, 0) is 16.5 Å². The fourth-order valence-electron chi connectivity index (χ4n) is 0. The molecule has 0 nitrogen and oxygen atoms in total. The minimum atomic E-state index is 0. The fraction of sp³-hybridized carbons (Fsp3) is 0.750. The molecule has 1 heteroatoms. The van der Waals surface area contributed by atoms with Gasteiger partial charge < -0.3 is 14.9 Å². The molecule has 64 valence electrons. The molecular formula is C8H22Ni. The van der Waals surface area contributed by atoms with Crippen LogP contribution < -0.4 is 0 Å². The van der Waals surface area contributed by atoms with Gasteiger partial charge in [0.15, 0.2) is 0 Å². The van der Waals surface area contributed by atoms with Crippen LogP contribution >= 0.6 is 0 Å². The van der Waals surface area contributed by atoms with Gasteiger partial charge in [0.1, 0.15) is 0 Å². The van der Waals surface area contributed by atoms with Crippen molar-refractivity contribution in [1.82, 2.24) is 0 Å². The summed E-state index contributed by atoms with van der Waals surface area (Å²) in [5.74, 6) is 0. The van der Waals surface area contributed by atoms with Crippen LogP contribution in [0.2, 0.25) is 0 Å². The molecule has 0 aromatic carbocycles. The molecule has 0 saturated heterocycles. The van der Waals surface area contributed by atoms with Gasteiger partial charge in [-0.15, -0.1) is 0 Å². The van der Waals surface area contributed by atoms with Gasteiger partial charge in [-0.2, -0.15) is 0 Å². The quantitative estimate of drug-likeness (QED) is 0.390. The summed E-state index contributed by atoms with van der Waals surface area (Å²) in [4.78, 5) is 0. The second kappa shape index (κ2) is 76.7. The van der Waals surface area contributed by atoms with Crippen molar-refractivity contribution < 1.29 is 16.5 Å². The molecular weight excluding hydrogens is 155 g/mol. The van der Waals surface area contributed by atoms with Crippen LogP contribution in [0.4, 0.5) is 0 Å². The van der Waals surface area contributed by atoms with Crippen molar-refractivity contribution in [3.05, 3.63) is 14.9 Å². The Labute approximate surface area is 72.4 Å². The molecule has 0 bridgehead atoms. The molecule has 0 heterocycles. The summed E-state index contributed by atoms with van der Waals surface area (Å²) in [6.45, 7) is 8.50. The van der Waals surface area contributed by atoms with E-state index in [1.807, 2.05) is 0 Å². The van der Waals surface area contributed by atoms with E-state index in [1.165, 1.54) is 12.8 Å². The average molecular weight is 177 g/mol. The van der Waals surface area contributed by atoms with E-state index >= 15 is 0 Å². The first-order valence-corrected chi connectivity index (χ1v) is 2.83. The zero-order chi connectivity index (χ0) is 5.41. The molecule has 0 saturated carbocycles. The molecule has 0 amide bonds. The van der Waals surface area contributed by atoms with E-state index in [0.29, 0.717) is 0 Å². The van der Waals surface area contributed by atoms with Crippen LogP contribution in [0.15, 0.2) is 0 Å². The Morgan fingerprint density at radius 2 is 0.667 bits per heavy atom. The maximum absolute atomic E-state index is 2.12. The van der Waals surface area contributed by atoms with Gasteiger partial charge in [-0.05, 0) is 0 Å². The molecule has 0 unspecified atom stereocenters. The largest absolute Gasteiger partial charge is 2.00 e. The zero-order valence-electron chi connectivity index (χ0n) is 7.73. The van der Waals surface area contributed by atoms with Gasteiger partial charge in [-0.1, -0.05) is 40.5 Å². The third kappa shape index (κ3) is 1470. The van der Waals surface area contributed by atoms with Crippen LogP contribution in [0.3, 0.4) is 0 Å². The number of hydrogen-bond acceptors (Lipinski definition) is 0. The van der Waals surface area contributed by atoms with Gasteiger partial charge in [0, 0.05) is 0 Å². The molecule has 0 aromatic rings. The number of rotatable bonds is 0. The van der Waals surface area contributed by atoms with Crippen LogP contribution in [0.5, 0.6) is 0 Å². The van der Waals surface area contributed by atoms with E-state index < -0.39 is 0 Å². The Morgan fingerprint density at radius 3 is 0.667 bits per heavy atom. The van der Waals surface area contributed by atoms with E-state index in [0.717, 1.165) is 0 Å². The molecule has 0 aliphatic heterocycles. The Hall–Kier alpha value is 0.494. The zero-order valence-corrected chi connectivity index (χ0v) is 8.72. The molecule has 0 fully saturated rings. The first-order chi connectivity index (χ1) is 2.83. The van der Waals surface area contributed by atoms with Crippen molar-refractivity contribution in [2.75, 3.05) is 0 Å². The summed E-state index contributed by atoms with van der Waals surface area (Å²) in [7, 11) is 0. The molecule has 0 aromatic heterocycles. The van der Waals surface area contributed by atoms with Crippen LogP contribution in [0.25, 0.3) is 0 Å². The Balaban J connectivity index is -0.00000000889. The van der Waals surface area contributed by atoms with E-state index in [1.54, 1.807) is 0 Å². The van der Waals surface area contributed by atoms with Crippen molar-refractivity contribution in [3.63, 3.8) is 0 Å². The summed E-state index contributed by atoms with van der Waals surface area (Å²) < 4.78 is 0. The van der Waals surface area contributed by atoms with Crippen LogP contribution in [-0.4, -0.2) is 0 Å². The Bertz CT molecular complexity index is 6.53. The molecule has 0 atom stereocenters. The summed E-state index contributed by atoms with van der Waals surface area (Å²) >= 11 is 0. The van der Waals surface area contributed by atoms with E-state index in [2.05, 4.69) is 27.7 Å². The van der Waals surface area contributed by atoms with Gasteiger partial charge in [0.05, 0.1) is 0 Å². The summed E-state index contributed by atoms with van der Waals surface area (Å²) in [5, 5.41) is 0. The summed E-state index contributed by atoms with van der Waals surface area (Å²) in [6.07, 6.45) is 2.50. The van der Waals surface area contributed by atoms with Gasteiger partial charge in [0.2, 0.25) is 0 Å². The third-order valence-electron chi connectivity index (χ3n) is 0. The third-order valence-corrected chi connectivity index (χ3v) is 0. The second-order valence-electron chi connectivity index (χ2n) is 1.41. The maximum Gasteiger partial charge on any atom is 2.00 e. The van der Waals surface area contributed by atoms with Crippen LogP contribution in [0.1, 0.15) is 40.5 Å². The number of hydrogen-bond donors (Lipinski definition) is 0. The van der Waals surface area contributed by atoms with E-state index in [4.69, 9.17) is 0 Å². The van der Waals surface area contributed by atoms with Gasteiger partial charge in [-0.25, -0.2) is 0 Å². The second-order valence-corrected chi connectivity index (χ2v) is 1.41. The standard InChI is InChI=1S/2C3H8.2CH3.Ni/c2*1-3-2;;;/h2*3H2,1-2H3;2*1H3;/q;;2*-1;+2. The molecule has 9 heavy (non-hydrogen) atoms. The fourth-order valence-corrected chi connectivity index (χ4v) is 0. The van der Waals surface area contributed by atoms with Crippen molar-refractivity contribution in [1.29, 1.82) is 0 Å². The maximum atomic E-state index is 2.12. The Kier molecular flexibility index (Phi) is 289. The molecule has 0 spiro atoms. The Morgan fingerprint density at radius 1 is 0.667 bits per heavy atom. The summed E-state index contributed by atoms with van der Waals surface area (Å²) in [6, 6.07) is 0. The van der Waals surface area contributed by atoms with Gasteiger partial charge >= 0.3 is 16.5 Å². The average Bonchev–Trinajstić information content (AvgIpc) is 1.39. The van der Waals surface area contributed by atoms with Gasteiger partial charge in [0.25, 0.3) is 0 Å². The van der Waals surface area contributed by atoms with Crippen molar-refractivity contribution in [2.45, 2.75) is 40.5 Å². The molecule has 0 radical (unpaired) electrons. The smallest absolute Gasteiger partial charge is 0.358 e. The van der Waals surface area contributed by atoms with E-state index in [-0.39, 0.29) is 31.3 Å². The minimum Gasteiger partial charge on any atom is -0.358 e. The molecule has 0 rings (SSSR count).